The zero-order chi connectivity index (χ0) is 12.1. The fourth-order valence-corrected chi connectivity index (χ4v) is 1.16. The monoisotopic (exact) mass is 276 g/mol. The molecular formula is C11H17BrO3. The van der Waals surface area contributed by atoms with E-state index >= 15 is 0 Å². The molecule has 0 rings (SSSR count). The molecule has 0 fully saturated rings. The molecular weight excluding hydrogens is 260 g/mol. The average Bonchev–Trinajstić information content (AvgIpc) is 2.09. The van der Waals surface area contributed by atoms with Gasteiger partial charge in [0.15, 0.2) is 10.6 Å². The summed E-state index contributed by atoms with van der Waals surface area (Å²) in [6, 6.07) is 0. The van der Waals surface area contributed by atoms with Crippen LogP contribution in [0.3, 0.4) is 0 Å². The van der Waals surface area contributed by atoms with Gasteiger partial charge < -0.3 is 5.11 Å². The van der Waals surface area contributed by atoms with Crippen molar-refractivity contribution >= 4 is 27.7 Å². The first-order valence-electron chi connectivity index (χ1n) is 4.81. The van der Waals surface area contributed by atoms with Crippen LogP contribution in [0.4, 0.5) is 0 Å². The van der Waals surface area contributed by atoms with Crippen LogP contribution in [0.2, 0.25) is 0 Å². The molecule has 0 heterocycles. The lowest BCUT2D eigenvalue weighted by Gasteiger charge is -2.10. The maximum atomic E-state index is 11.2. The molecule has 0 saturated heterocycles. The summed E-state index contributed by atoms with van der Waals surface area (Å²) in [5.41, 5.74) is 0.101. The van der Waals surface area contributed by atoms with Crippen molar-refractivity contribution in [3.8, 4) is 0 Å². The Morgan fingerprint density at radius 3 is 2.33 bits per heavy atom. The summed E-state index contributed by atoms with van der Waals surface area (Å²) in [5.74, 6) is -1.42. The highest BCUT2D eigenvalue weighted by Gasteiger charge is 2.21. The molecule has 3 nitrogen and oxygen atoms in total. The van der Waals surface area contributed by atoms with Crippen molar-refractivity contribution in [2.45, 2.75) is 38.4 Å². The second-order valence-electron chi connectivity index (χ2n) is 4.47. The zero-order valence-corrected chi connectivity index (χ0v) is 10.9. The summed E-state index contributed by atoms with van der Waals surface area (Å²) in [7, 11) is 0. The molecule has 0 aliphatic heterocycles. The van der Waals surface area contributed by atoms with Crippen LogP contribution in [-0.4, -0.2) is 21.7 Å². The van der Waals surface area contributed by atoms with Gasteiger partial charge in [-0.15, -0.1) is 0 Å². The number of hydrogen-bond donors (Lipinski definition) is 1. The van der Waals surface area contributed by atoms with Gasteiger partial charge in [0.1, 0.15) is 0 Å². The van der Waals surface area contributed by atoms with E-state index in [4.69, 9.17) is 5.11 Å². The van der Waals surface area contributed by atoms with Crippen molar-refractivity contribution in [3.63, 3.8) is 0 Å². The van der Waals surface area contributed by atoms with E-state index in [0.29, 0.717) is 6.42 Å². The van der Waals surface area contributed by atoms with E-state index in [9.17, 15) is 9.59 Å². The van der Waals surface area contributed by atoms with Crippen LogP contribution in [0.1, 0.15) is 33.6 Å². The van der Waals surface area contributed by atoms with Crippen molar-refractivity contribution in [3.05, 3.63) is 12.2 Å². The Labute approximate surface area is 98.7 Å². The van der Waals surface area contributed by atoms with E-state index in [0.717, 1.165) is 0 Å². The molecule has 0 saturated carbocycles. The number of alkyl halides is 1. The van der Waals surface area contributed by atoms with Crippen LogP contribution in [0.5, 0.6) is 0 Å². The van der Waals surface area contributed by atoms with Gasteiger partial charge in [-0.2, -0.15) is 0 Å². The van der Waals surface area contributed by atoms with Gasteiger partial charge >= 0.3 is 5.97 Å². The molecule has 0 aliphatic rings. The van der Waals surface area contributed by atoms with E-state index in [1.165, 1.54) is 0 Å². The molecule has 1 N–H and O–H groups in total. The van der Waals surface area contributed by atoms with Gasteiger partial charge in [0.2, 0.25) is 0 Å². The van der Waals surface area contributed by atoms with E-state index in [2.05, 4.69) is 36.7 Å². The molecule has 86 valence electrons. The number of hydrogen-bond acceptors (Lipinski definition) is 2. The quantitative estimate of drug-likeness (QED) is 0.477. The molecule has 15 heavy (non-hydrogen) atoms. The molecule has 1 atom stereocenters. The maximum Gasteiger partial charge on any atom is 0.324 e. The number of carboxylic acid groups (broad SMARTS) is 1. The fraction of sp³-hybridized carbons (Fsp3) is 0.636. The van der Waals surface area contributed by atoms with E-state index in [1.807, 2.05) is 12.2 Å². The maximum absolute atomic E-state index is 11.2. The molecule has 0 radical (unpaired) electrons. The fourth-order valence-electron chi connectivity index (χ4n) is 0.927. The van der Waals surface area contributed by atoms with E-state index in [-0.39, 0.29) is 17.6 Å². The Bertz CT molecular complexity index is 263. The van der Waals surface area contributed by atoms with Gasteiger partial charge in [-0.25, -0.2) is 0 Å². The molecule has 0 aliphatic carbocycles. The van der Waals surface area contributed by atoms with Crippen molar-refractivity contribution in [1.82, 2.24) is 0 Å². The standard InChI is InChI=1S/C11H17BrO3/c1-11(2,3)7-5-4-6-8(13)9(12)10(14)15/h5,7,9H,4,6H2,1-3H3,(H,14,15). The Morgan fingerprint density at radius 1 is 1.40 bits per heavy atom. The molecule has 0 bridgehead atoms. The number of carboxylic acids is 1. The van der Waals surface area contributed by atoms with Crippen LogP contribution in [0.25, 0.3) is 0 Å². The SMILES string of the molecule is CC(C)(C)C=CCCC(=O)C(Br)C(=O)O. The van der Waals surface area contributed by atoms with Crippen LogP contribution in [-0.2, 0) is 9.59 Å². The van der Waals surface area contributed by atoms with Crippen LogP contribution in [0.15, 0.2) is 12.2 Å². The van der Waals surface area contributed by atoms with Gasteiger partial charge in [0.25, 0.3) is 0 Å². The lowest BCUT2D eigenvalue weighted by atomic mass is 9.95. The van der Waals surface area contributed by atoms with Gasteiger partial charge in [0.05, 0.1) is 0 Å². The van der Waals surface area contributed by atoms with Crippen molar-refractivity contribution in [2.24, 2.45) is 5.41 Å². The molecule has 1 unspecified atom stereocenters. The lowest BCUT2D eigenvalue weighted by molar-refractivity contribution is -0.139. The minimum atomic E-state index is -1.13. The predicted molar refractivity (Wildman–Crippen MR) is 63.2 cm³/mol. The number of rotatable bonds is 5. The third kappa shape index (κ3) is 7.31. The highest BCUT2D eigenvalue weighted by atomic mass is 79.9. The summed E-state index contributed by atoms with van der Waals surface area (Å²) in [6.45, 7) is 6.20. The van der Waals surface area contributed by atoms with Crippen LogP contribution in [0, 0.1) is 5.41 Å². The summed E-state index contributed by atoms with van der Waals surface area (Å²) in [5, 5.41) is 8.55. The Kier molecular flexibility index (Phi) is 5.80. The van der Waals surface area contributed by atoms with Crippen molar-refractivity contribution in [2.75, 3.05) is 0 Å². The van der Waals surface area contributed by atoms with Gasteiger partial charge in [-0.1, -0.05) is 48.9 Å². The number of carbonyl (C=O) groups excluding carboxylic acids is 1. The van der Waals surface area contributed by atoms with Gasteiger partial charge in [-0.3, -0.25) is 9.59 Å². The molecule has 0 aromatic rings. The molecule has 0 spiro atoms. The third-order valence-electron chi connectivity index (χ3n) is 1.67. The van der Waals surface area contributed by atoms with Crippen molar-refractivity contribution < 1.29 is 14.7 Å². The molecule has 0 aromatic carbocycles. The number of ketones is 1. The highest BCUT2D eigenvalue weighted by Crippen LogP contribution is 2.15. The first-order chi connectivity index (χ1) is 6.74. The first-order valence-corrected chi connectivity index (χ1v) is 5.73. The third-order valence-corrected chi connectivity index (χ3v) is 2.58. The summed E-state index contributed by atoms with van der Waals surface area (Å²) < 4.78 is 0. The van der Waals surface area contributed by atoms with E-state index < -0.39 is 10.8 Å². The van der Waals surface area contributed by atoms with Crippen molar-refractivity contribution in [1.29, 1.82) is 0 Å². The summed E-state index contributed by atoms with van der Waals surface area (Å²) in [4.78, 5) is 20.6. The number of aliphatic carboxylic acids is 1. The Hall–Kier alpha value is -0.640. The zero-order valence-electron chi connectivity index (χ0n) is 9.29. The Balaban J connectivity index is 3.93. The summed E-state index contributed by atoms with van der Waals surface area (Å²) >= 11 is 2.83. The van der Waals surface area contributed by atoms with Crippen LogP contribution >= 0.6 is 15.9 Å². The second-order valence-corrected chi connectivity index (χ2v) is 5.39. The minimum absolute atomic E-state index is 0.101. The normalized spacial score (nSPS) is 14.1. The van der Waals surface area contributed by atoms with Crippen LogP contribution < -0.4 is 0 Å². The summed E-state index contributed by atoms with van der Waals surface area (Å²) in [6.07, 6.45) is 4.78. The Morgan fingerprint density at radius 2 is 1.93 bits per heavy atom. The number of Topliss-reactive ketones (excluding diaryl/α,β-unsaturated/α-hetero) is 1. The smallest absolute Gasteiger partial charge is 0.324 e. The minimum Gasteiger partial charge on any atom is -0.480 e. The topological polar surface area (TPSA) is 54.4 Å². The molecule has 4 heteroatoms. The lowest BCUT2D eigenvalue weighted by Crippen LogP contribution is -2.23. The predicted octanol–water partition coefficient (Wildman–Crippen LogP) is 2.79. The van der Waals surface area contributed by atoms with Gasteiger partial charge in [-0.05, 0) is 11.8 Å². The van der Waals surface area contributed by atoms with Gasteiger partial charge in [0, 0.05) is 6.42 Å². The number of halogens is 1. The molecule has 0 amide bonds. The average molecular weight is 277 g/mol. The number of allylic oxidation sites excluding steroid dienone is 2. The highest BCUT2D eigenvalue weighted by molar-refractivity contribution is 9.10. The van der Waals surface area contributed by atoms with E-state index in [1.54, 1.807) is 0 Å². The number of carbonyl (C=O) groups is 2. The molecule has 0 aromatic heterocycles. The largest absolute Gasteiger partial charge is 0.480 e. The second kappa shape index (κ2) is 6.05. The first kappa shape index (κ1) is 14.4.